The number of carbonyl (C=O) groups excluding carboxylic acids is 1. The molecular weight excluding hydrogens is 348 g/mol. The Kier molecular flexibility index (Phi) is 7.04. The van der Waals surface area contributed by atoms with Gasteiger partial charge in [-0.05, 0) is 42.1 Å². The summed E-state index contributed by atoms with van der Waals surface area (Å²) in [6, 6.07) is 12.5. The van der Waals surface area contributed by atoms with Crippen LogP contribution in [0, 0.1) is 5.92 Å². The fraction of sp³-hybridized carbons (Fsp3) is 0.478. The molecule has 1 aliphatic rings. The van der Waals surface area contributed by atoms with E-state index in [2.05, 4.69) is 77.4 Å². The van der Waals surface area contributed by atoms with E-state index in [1.807, 2.05) is 6.20 Å². The average molecular weight is 381 g/mol. The summed E-state index contributed by atoms with van der Waals surface area (Å²) in [4.78, 5) is 21.5. The van der Waals surface area contributed by atoms with Crippen LogP contribution in [0.25, 0.3) is 0 Å². The summed E-state index contributed by atoms with van der Waals surface area (Å²) in [6.07, 6.45) is 3.35. The van der Waals surface area contributed by atoms with Crippen LogP contribution in [-0.2, 0) is 24.2 Å². The van der Waals surface area contributed by atoms with Gasteiger partial charge in [-0.3, -0.25) is 4.79 Å². The lowest BCUT2D eigenvalue weighted by Gasteiger charge is -2.33. The fourth-order valence-corrected chi connectivity index (χ4v) is 3.46. The van der Waals surface area contributed by atoms with E-state index in [0.717, 1.165) is 49.5 Å². The van der Waals surface area contributed by atoms with Crippen molar-refractivity contribution in [2.45, 2.75) is 33.2 Å². The van der Waals surface area contributed by atoms with E-state index in [-0.39, 0.29) is 5.91 Å². The molecule has 1 aliphatic heterocycles. The fourth-order valence-electron chi connectivity index (χ4n) is 3.46. The zero-order chi connectivity index (χ0) is 19.9. The zero-order valence-electron chi connectivity index (χ0n) is 17.3. The normalized spacial score (nSPS) is 15.1. The molecule has 0 spiro atoms. The largest absolute Gasteiger partial charge is 0.354 e. The Morgan fingerprint density at radius 1 is 1.00 bits per heavy atom. The molecular formula is C23H32N4O. The minimum absolute atomic E-state index is 0.0414. The standard InChI is InChI=1S/C23H32N4O/c1-18(2)14-19-4-6-20(7-5-19)15-23(28)25-17-21-8-9-22(24-16-21)27-12-10-26(3)11-13-27/h4-9,16,18H,10-15,17H2,1-3H3,(H,25,28). The molecule has 5 heteroatoms. The van der Waals surface area contributed by atoms with Crippen molar-refractivity contribution in [1.29, 1.82) is 0 Å². The van der Waals surface area contributed by atoms with Gasteiger partial charge in [0, 0.05) is 38.9 Å². The Morgan fingerprint density at radius 3 is 2.25 bits per heavy atom. The maximum absolute atomic E-state index is 12.2. The molecule has 28 heavy (non-hydrogen) atoms. The first-order chi connectivity index (χ1) is 13.5. The van der Waals surface area contributed by atoms with Crippen LogP contribution in [0.3, 0.4) is 0 Å². The van der Waals surface area contributed by atoms with Crippen molar-refractivity contribution in [2.75, 3.05) is 38.1 Å². The highest BCUT2D eigenvalue weighted by atomic mass is 16.1. The first-order valence-electron chi connectivity index (χ1n) is 10.2. The molecule has 1 N–H and O–H groups in total. The number of pyridine rings is 1. The van der Waals surface area contributed by atoms with Gasteiger partial charge in [0.25, 0.3) is 0 Å². The molecule has 0 atom stereocenters. The first-order valence-corrected chi connectivity index (χ1v) is 10.2. The lowest BCUT2D eigenvalue weighted by Crippen LogP contribution is -2.44. The number of benzene rings is 1. The maximum atomic E-state index is 12.2. The van der Waals surface area contributed by atoms with E-state index >= 15 is 0 Å². The number of anilines is 1. The van der Waals surface area contributed by atoms with Crippen molar-refractivity contribution in [1.82, 2.24) is 15.2 Å². The van der Waals surface area contributed by atoms with Gasteiger partial charge in [0.2, 0.25) is 5.91 Å². The van der Waals surface area contributed by atoms with E-state index in [4.69, 9.17) is 0 Å². The van der Waals surface area contributed by atoms with Crippen LogP contribution in [0.15, 0.2) is 42.6 Å². The predicted molar refractivity (Wildman–Crippen MR) is 114 cm³/mol. The summed E-state index contributed by atoms with van der Waals surface area (Å²) >= 11 is 0. The molecule has 1 saturated heterocycles. The highest BCUT2D eigenvalue weighted by molar-refractivity contribution is 5.78. The second kappa shape index (κ2) is 9.69. The molecule has 0 aliphatic carbocycles. The molecule has 0 bridgehead atoms. The quantitative estimate of drug-likeness (QED) is 0.802. The van der Waals surface area contributed by atoms with E-state index in [9.17, 15) is 4.79 Å². The monoisotopic (exact) mass is 380 g/mol. The Hall–Kier alpha value is -2.40. The second-order valence-electron chi connectivity index (χ2n) is 8.18. The summed E-state index contributed by atoms with van der Waals surface area (Å²) in [7, 11) is 2.15. The molecule has 2 heterocycles. The summed E-state index contributed by atoms with van der Waals surface area (Å²) in [6.45, 7) is 9.10. The van der Waals surface area contributed by atoms with E-state index in [1.165, 1.54) is 5.56 Å². The van der Waals surface area contributed by atoms with Crippen LogP contribution in [0.4, 0.5) is 5.82 Å². The molecule has 5 nitrogen and oxygen atoms in total. The predicted octanol–water partition coefficient (Wildman–Crippen LogP) is 2.89. The smallest absolute Gasteiger partial charge is 0.224 e. The SMILES string of the molecule is CC(C)Cc1ccc(CC(=O)NCc2ccc(N3CCN(C)CC3)nc2)cc1. The van der Waals surface area contributed by atoms with E-state index in [0.29, 0.717) is 18.9 Å². The van der Waals surface area contributed by atoms with Crippen molar-refractivity contribution in [3.05, 3.63) is 59.3 Å². The molecule has 0 radical (unpaired) electrons. The Balaban J connectivity index is 1.45. The summed E-state index contributed by atoms with van der Waals surface area (Å²) < 4.78 is 0. The number of carbonyl (C=O) groups is 1. The number of piperazine rings is 1. The van der Waals surface area contributed by atoms with Crippen LogP contribution in [0.5, 0.6) is 0 Å². The third-order valence-electron chi connectivity index (χ3n) is 5.16. The molecule has 1 aromatic carbocycles. The summed E-state index contributed by atoms with van der Waals surface area (Å²) in [5.74, 6) is 1.70. The number of amides is 1. The minimum atomic E-state index is 0.0414. The third kappa shape index (κ3) is 6.06. The molecule has 1 aromatic heterocycles. The number of nitrogens with zero attached hydrogens (tertiary/aromatic N) is 3. The Labute approximate surface area is 168 Å². The van der Waals surface area contributed by atoms with Gasteiger partial charge >= 0.3 is 0 Å². The summed E-state index contributed by atoms with van der Waals surface area (Å²) in [5.41, 5.74) is 3.40. The zero-order valence-corrected chi connectivity index (χ0v) is 17.3. The highest BCUT2D eigenvalue weighted by Crippen LogP contribution is 2.14. The van der Waals surface area contributed by atoms with Crippen LogP contribution in [0.2, 0.25) is 0 Å². The van der Waals surface area contributed by atoms with Crippen molar-refractivity contribution in [3.63, 3.8) is 0 Å². The van der Waals surface area contributed by atoms with Crippen molar-refractivity contribution < 1.29 is 4.79 Å². The van der Waals surface area contributed by atoms with Crippen LogP contribution >= 0.6 is 0 Å². The van der Waals surface area contributed by atoms with Gasteiger partial charge in [0.15, 0.2) is 0 Å². The van der Waals surface area contributed by atoms with Gasteiger partial charge in [0.05, 0.1) is 6.42 Å². The van der Waals surface area contributed by atoms with E-state index < -0.39 is 0 Å². The first kappa shape index (κ1) is 20.3. The molecule has 0 saturated carbocycles. The number of aromatic nitrogens is 1. The third-order valence-corrected chi connectivity index (χ3v) is 5.16. The van der Waals surface area contributed by atoms with Gasteiger partial charge < -0.3 is 15.1 Å². The van der Waals surface area contributed by atoms with Crippen molar-refractivity contribution in [3.8, 4) is 0 Å². The second-order valence-corrected chi connectivity index (χ2v) is 8.18. The van der Waals surface area contributed by atoms with Gasteiger partial charge in [0.1, 0.15) is 5.82 Å². The van der Waals surface area contributed by atoms with Crippen LogP contribution in [-0.4, -0.2) is 49.0 Å². The topological polar surface area (TPSA) is 48.5 Å². The molecule has 1 amide bonds. The number of rotatable bonds is 7. The molecule has 150 valence electrons. The van der Waals surface area contributed by atoms with Crippen molar-refractivity contribution in [2.24, 2.45) is 5.92 Å². The number of hydrogen-bond acceptors (Lipinski definition) is 4. The minimum Gasteiger partial charge on any atom is -0.354 e. The number of likely N-dealkylation sites (N-methyl/N-ethyl adjacent to an activating group) is 1. The van der Waals surface area contributed by atoms with E-state index in [1.54, 1.807) is 0 Å². The highest BCUT2D eigenvalue weighted by Gasteiger charge is 2.15. The van der Waals surface area contributed by atoms with Gasteiger partial charge in [-0.15, -0.1) is 0 Å². The molecule has 0 unspecified atom stereocenters. The van der Waals surface area contributed by atoms with Crippen LogP contribution in [0.1, 0.15) is 30.5 Å². The number of nitrogens with one attached hydrogen (secondary N) is 1. The van der Waals surface area contributed by atoms with Gasteiger partial charge in [-0.2, -0.15) is 0 Å². The van der Waals surface area contributed by atoms with Crippen LogP contribution < -0.4 is 10.2 Å². The molecule has 3 rings (SSSR count). The van der Waals surface area contributed by atoms with Gasteiger partial charge in [-0.25, -0.2) is 4.98 Å². The molecule has 2 aromatic rings. The number of hydrogen-bond donors (Lipinski definition) is 1. The average Bonchev–Trinajstić information content (AvgIpc) is 2.69. The Bertz CT molecular complexity index is 747. The lowest BCUT2D eigenvalue weighted by atomic mass is 10.0. The Morgan fingerprint density at radius 2 is 1.64 bits per heavy atom. The summed E-state index contributed by atoms with van der Waals surface area (Å²) in [5, 5.41) is 3.00. The van der Waals surface area contributed by atoms with Gasteiger partial charge in [-0.1, -0.05) is 44.2 Å². The maximum Gasteiger partial charge on any atom is 0.224 e. The molecule has 1 fully saturated rings. The van der Waals surface area contributed by atoms with Crippen molar-refractivity contribution >= 4 is 11.7 Å². The lowest BCUT2D eigenvalue weighted by molar-refractivity contribution is -0.120.